The highest BCUT2D eigenvalue weighted by atomic mass is 32.2. The largest absolute Gasteiger partial charge is 0.370 e. The van der Waals surface area contributed by atoms with E-state index < -0.39 is 16.1 Å². The van der Waals surface area contributed by atoms with Crippen molar-refractivity contribution in [3.8, 4) is 0 Å². The summed E-state index contributed by atoms with van der Waals surface area (Å²) >= 11 is 0. The third kappa shape index (κ3) is 5.66. The van der Waals surface area contributed by atoms with Gasteiger partial charge in [-0.05, 0) is 59.7 Å². The zero-order chi connectivity index (χ0) is 26.7. The monoisotopic (exact) mass is 532 g/mol. The van der Waals surface area contributed by atoms with Crippen LogP contribution in [0.2, 0.25) is 0 Å². The normalized spacial score (nSPS) is 16.9. The van der Waals surface area contributed by atoms with Gasteiger partial charge in [-0.1, -0.05) is 48.5 Å². The van der Waals surface area contributed by atoms with E-state index in [1.54, 1.807) is 23.1 Å². The first-order valence-corrected chi connectivity index (χ1v) is 14.2. The Bertz CT molecular complexity index is 1580. The SMILES string of the molecule is N=C(N)N1CCCC(CNC(=O)[C@@H](Cc2c[nH]c3ccccc23)NS(=O)(=O)c2ccc3ccccc3c2)C1. The molecular weight excluding hydrogens is 500 g/mol. The highest BCUT2D eigenvalue weighted by Gasteiger charge is 2.28. The van der Waals surface area contributed by atoms with Crippen molar-refractivity contribution in [2.75, 3.05) is 19.6 Å². The van der Waals surface area contributed by atoms with Crippen molar-refractivity contribution >= 4 is 43.6 Å². The number of nitrogens with zero attached hydrogens (tertiary/aromatic N) is 1. The first-order chi connectivity index (χ1) is 18.3. The van der Waals surface area contributed by atoms with Gasteiger partial charge in [-0.3, -0.25) is 10.2 Å². The third-order valence-corrected chi connectivity index (χ3v) is 8.64. The van der Waals surface area contributed by atoms with Gasteiger partial charge in [0, 0.05) is 36.7 Å². The minimum absolute atomic E-state index is 0.0291. The first-order valence-electron chi connectivity index (χ1n) is 12.7. The van der Waals surface area contributed by atoms with Crippen LogP contribution in [0.1, 0.15) is 18.4 Å². The highest BCUT2D eigenvalue weighted by molar-refractivity contribution is 7.89. The molecule has 3 aromatic carbocycles. The molecule has 0 radical (unpaired) electrons. The van der Waals surface area contributed by atoms with E-state index in [0.29, 0.717) is 13.1 Å². The van der Waals surface area contributed by atoms with Gasteiger partial charge in [-0.15, -0.1) is 0 Å². The number of fused-ring (bicyclic) bond motifs is 2. The predicted molar refractivity (Wildman–Crippen MR) is 149 cm³/mol. The number of carbonyl (C=O) groups is 1. The number of guanidine groups is 1. The minimum Gasteiger partial charge on any atom is -0.370 e. The molecule has 1 unspecified atom stereocenters. The Morgan fingerprint density at radius 2 is 1.87 bits per heavy atom. The number of amides is 1. The van der Waals surface area contributed by atoms with E-state index in [4.69, 9.17) is 11.1 Å². The van der Waals surface area contributed by atoms with Crippen LogP contribution in [0.4, 0.5) is 0 Å². The molecule has 1 saturated heterocycles. The molecule has 1 aliphatic rings. The number of carbonyl (C=O) groups excluding carboxylic acids is 1. The van der Waals surface area contributed by atoms with Gasteiger partial charge in [0.2, 0.25) is 15.9 Å². The molecule has 6 N–H and O–H groups in total. The quantitative estimate of drug-likeness (QED) is 0.175. The fourth-order valence-electron chi connectivity index (χ4n) is 5.12. The molecule has 0 aliphatic carbocycles. The average Bonchev–Trinajstić information content (AvgIpc) is 3.34. The molecule has 0 bridgehead atoms. The first kappa shape index (κ1) is 25.7. The van der Waals surface area contributed by atoms with E-state index in [9.17, 15) is 13.2 Å². The number of aromatic amines is 1. The van der Waals surface area contributed by atoms with Crippen molar-refractivity contribution in [2.45, 2.75) is 30.2 Å². The molecule has 2 heterocycles. The van der Waals surface area contributed by atoms with Gasteiger partial charge in [0.1, 0.15) is 6.04 Å². The highest BCUT2D eigenvalue weighted by Crippen LogP contribution is 2.22. The van der Waals surface area contributed by atoms with Crippen LogP contribution >= 0.6 is 0 Å². The molecule has 5 rings (SSSR count). The van der Waals surface area contributed by atoms with Crippen LogP contribution < -0.4 is 15.8 Å². The van der Waals surface area contributed by atoms with E-state index in [2.05, 4.69) is 15.0 Å². The van der Waals surface area contributed by atoms with Crippen molar-refractivity contribution in [2.24, 2.45) is 11.7 Å². The van der Waals surface area contributed by atoms with Gasteiger partial charge in [0.05, 0.1) is 4.90 Å². The van der Waals surface area contributed by atoms with Crippen LogP contribution in [-0.2, 0) is 21.2 Å². The number of hydrogen-bond acceptors (Lipinski definition) is 4. The summed E-state index contributed by atoms with van der Waals surface area (Å²) in [5, 5.41) is 13.4. The molecule has 38 heavy (non-hydrogen) atoms. The second-order valence-corrected chi connectivity index (χ2v) is 11.5. The molecule has 1 aromatic heterocycles. The molecule has 4 aromatic rings. The number of aromatic nitrogens is 1. The van der Waals surface area contributed by atoms with Crippen molar-refractivity contribution in [3.63, 3.8) is 0 Å². The topological polar surface area (TPSA) is 144 Å². The summed E-state index contributed by atoms with van der Waals surface area (Å²) in [5.41, 5.74) is 7.43. The maximum atomic E-state index is 13.5. The van der Waals surface area contributed by atoms with Crippen LogP contribution in [-0.4, -0.2) is 55.8 Å². The summed E-state index contributed by atoms with van der Waals surface area (Å²) in [5.74, 6) is -0.233. The molecule has 10 heteroatoms. The lowest BCUT2D eigenvalue weighted by atomic mass is 9.98. The Hall–Kier alpha value is -3.89. The van der Waals surface area contributed by atoms with E-state index in [1.165, 1.54) is 0 Å². The summed E-state index contributed by atoms with van der Waals surface area (Å²) in [6.45, 7) is 1.70. The van der Waals surface area contributed by atoms with Gasteiger partial charge < -0.3 is 20.9 Å². The Labute approximate surface area is 222 Å². The molecule has 1 aliphatic heterocycles. The lowest BCUT2D eigenvalue weighted by Gasteiger charge is -2.33. The Morgan fingerprint density at radius 3 is 2.68 bits per heavy atom. The molecule has 9 nitrogen and oxygen atoms in total. The van der Waals surface area contributed by atoms with E-state index in [-0.39, 0.29) is 29.1 Å². The van der Waals surface area contributed by atoms with Gasteiger partial charge in [-0.2, -0.15) is 4.72 Å². The molecular formula is C28H32N6O3S. The average molecular weight is 533 g/mol. The number of nitrogens with one attached hydrogen (secondary N) is 4. The standard InChI is InChI=1S/C28H32N6O3S/c29-28(30)34-13-5-6-19(18-34)16-32-27(35)26(15-22-17-31-25-10-4-3-9-24(22)25)33-38(36,37)23-12-11-20-7-1-2-8-21(20)14-23/h1-4,7-12,14,17,19,26,31,33H,5-6,13,15-16,18H2,(H3,29,30)(H,32,35)/t19?,26-/m1/s1. The number of benzene rings is 3. The van der Waals surface area contributed by atoms with Gasteiger partial charge in [0.25, 0.3) is 0 Å². The predicted octanol–water partition coefficient (Wildman–Crippen LogP) is 2.93. The molecule has 2 atom stereocenters. The number of rotatable bonds is 8. The molecule has 0 spiro atoms. The number of para-hydroxylation sites is 1. The molecule has 0 saturated carbocycles. The number of sulfonamides is 1. The maximum Gasteiger partial charge on any atom is 0.241 e. The maximum absolute atomic E-state index is 13.5. The zero-order valence-corrected chi connectivity index (χ0v) is 21.8. The minimum atomic E-state index is -3.99. The zero-order valence-electron chi connectivity index (χ0n) is 21.0. The second kappa shape index (κ2) is 10.8. The van der Waals surface area contributed by atoms with Gasteiger partial charge in [-0.25, -0.2) is 8.42 Å². The van der Waals surface area contributed by atoms with Crippen molar-refractivity contribution in [1.29, 1.82) is 5.41 Å². The van der Waals surface area contributed by atoms with Crippen LogP contribution in [0.15, 0.2) is 77.8 Å². The number of likely N-dealkylation sites (tertiary alicyclic amines) is 1. The molecule has 1 amide bonds. The van der Waals surface area contributed by atoms with Crippen molar-refractivity contribution in [1.82, 2.24) is 19.9 Å². The van der Waals surface area contributed by atoms with Crippen LogP contribution in [0.25, 0.3) is 21.7 Å². The number of H-pyrrole nitrogens is 1. The summed E-state index contributed by atoms with van der Waals surface area (Å²) < 4.78 is 29.6. The lowest BCUT2D eigenvalue weighted by Crippen LogP contribution is -2.51. The van der Waals surface area contributed by atoms with Gasteiger partial charge in [0.15, 0.2) is 5.96 Å². The van der Waals surface area contributed by atoms with Crippen LogP contribution in [0.5, 0.6) is 0 Å². The van der Waals surface area contributed by atoms with Crippen LogP contribution in [0, 0.1) is 11.3 Å². The van der Waals surface area contributed by atoms with E-state index in [1.807, 2.05) is 54.7 Å². The third-order valence-electron chi connectivity index (χ3n) is 7.17. The summed E-state index contributed by atoms with van der Waals surface area (Å²) in [6.07, 6.45) is 3.79. The fraction of sp³-hybridized carbons (Fsp3) is 0.286. The summed E-state index contributed by atoms with van der Waals surface area (Å²) in [6, 6.07) is 19.2. The van der Waals surface area contributed by atoms with Crippen molar-refractivity contribution in [3.05, 3.63) is 78.5 Å². The van der Waals surface area contributed by atoms with Gasteiger partial charge >= 0.3 is 0 Å². The number of nitrogens with two attached hydrogens (primary N) is 1. The Morgan fingerprint density at radius 1 is 1.11 bits per heavy atom. The Kier molecular flexibility index (Phi) is 7.35. The fourth-order valence-corrected chi connectivity index (χ4v) is 6.35. The van der Waals surface area contributed by atoms with E-state index >= 15 is 0 Å². The lowest BCUT2D eigenvalue weighted by molar-refractivity contribution is -0.122. The molecule has 198 valence electrons. The smallest absolute Gasteiger partial charge is 0.241 e. The number of piperidine rings is 1. The Balaban J connectivity index is 1.37. The number of hydrogen-bond donors (Lipinski definition) is 5. The van der Waals surface area contributed by atoms with E-state index in [0.717, 1.165) is 46.6 Å². The summed E-state index contributed by atoms with van der Waals surface area (Å²) in [7, 11) is -3.99. The molecule has 1 fully saturated rings. The van der Waals surface area contributed by atoms with Crippen molar-refractivity contribution < 1.29 is 13.2 Å². The second-order valence-electron chi connectivity index (χ2n) is 9.83. The summed E-state index contributed by atoms with van der Waals surface area (Å²) in [4.78, 5) is 18.6. The van der Waals surface area contributed by atoms with Crippen LogP contribution in [0.3, 0.4) is 0 Å².